The summed E-state index contributed by atoms with van der Waals surface area (Å²) in [6.07, 6.45) is -4.45. The molecular formula is C12H20N4O7. The summed E-state index contributed by atoms with van der Waals surface area (Å²) in [5, 5.41) is 39.9. The van der Waals surface area contributed by atoms with Crippen LogP contribution in [0, 0.1) is 0 Å². The number of aliphatic hydroxyl groups is 3. The van der Waals surface area contributed by atoms with Gasteiger partial charge in [0, 0.05) is 11.0 Å². The summed E-state index contributed by atoms with van der Waals surface area (Å²) in [7, 11) is 0. The van der Waals surface area contributed by atoms with Crippen LogP contribution in [-0.4, -0.2) is 75.3 Å². The summed E-state index contributed by atoms with van der Waals surface area (Å²) in [5.74, 6) is -4.21. The third-order valence-electron chi connectivity index (χ3n) is 3.03. The van der Waals surface area contributed by atoms with Crippen LogP contribution in [0.5, 0.6) is 0 Å². The molecule has 1 aliphatic heterocycles. The summed E-state index contributed by atoms with van der Waals surface area (Å²) >= 11 is 0. The highest BCUT2D eigenvalue weighted by atomic mass is 16.5. The standard InChI is InChI=1S/C12H20N4O7/c1-4(18)15-8-5(16-12(13)14)2-7(11(21)22)23-10(8)9(20)6(19)3-17/h2,5-6,8-10,17,19-20H,3H2,1H3,(H,15,18)(H,21,22)(H4,13,14,16)/t5-,6+,8+,9+,10+/m0/s1/i1D3. The minimum absolute atomic E-state index is 0.512. The minimum Gasteiger partial charge on any atom is -0.478 e. The maximum Gasteiger partial charge on any atom is 0.370 e. The number of carboxylic acids is 1. The molecule has 0 saturated heterocycles. The van der Waals surface area contributed by atoms with Gasteiger partial charge in [0.25, 0.3) is 0 Å². The lowest BCUT2D eigenvalue weighted by molar-refractivity contribution is -0.145. The van der Waals surface area contributed by atoms with Crippen LogP contribution in [0.1, 0.15) is 11.0 Å². The molecule has 23 heavy (non-hydrogen) atoms. The Morgan fingerprint density at radius 3 is 2.65 bits per heavy atom. The Morgan fingerprint density at radius 2 is 2.17 bits per heavy atom. The molecule has 0 unspecified atom stereocenters. The second-order valence-corrected chi connectivity index (χ2v) is 4.70. The molecule has 1 amide bonds. The number of hydrogen-bond donors (Lipinski definition) is 7. The Hall–Kier alpha value is -2.37. The molecule has 1 aliphatic rings. The van der Waals surface area contributed by atoms with Crippen LogP contribution in [0.2, 0.25) is 0 Å². The van der Waals surface area contributed by atoms with E-state index in [0.29, 0.717) is 0 Å². The van der Waals surface area contributed by atoms with Gasteiger partial charge in [0.1, 0.15) is 18.3 Å². The normalized spacial score (nSPS) is 28.7. The Labute approximate surface area is 135 Å². The van der Waals surface area contributed by atoms with Gasteiger partial charge >= 0.3 is 5.97 Å². The van der Waals surface area contributed by atoms with Crippen LogP contribution in [0.15, 0.2) is 16.8 Å². The van der Waals surface area contributed by atoms with E-state index in [2.05, 4.69) is 4.99 Å². The highest BCUT2D eigenvalue weighted by Crippen LogP contribution is 2.24. The number of guanidine groups is 1. The summed E-state index contributed by atoms with van der Waals surface area (Å²) in [5.41, 5.74) is 10.5. The van der Waals surface area contributed by atoms with E-state index in [1.54, 1.807) is 0 Å². The summed E-state index contributed by atoms with van der Waals surface area (Å²) in [6, 6.07) is -2.78. The average Bonchev–Trinajstić information content (AvgIpc) is 2.52. The van der Waals surface area contributed by atoms with Gasteiger partial charge in [-0.05, 0) is 6.08 Å². The Morgan fingerprint density at radius 1 is 1.52 bits per heavy atom. The average molecular weight is 335 g/mol. The summed E-state index contributed by atoms with van der Waals surface area (Å²) in [4.78, 5) is 26.7. The first kappa shape index (κ1) is 14.2. The van der Waals surface area contributed by atoms with Crippen LogP contribution in [-0.2, 0) is 14.3 Å². The number of nitrogens with zero attached hydrogens (tertiary/aromatic N) is 1. The third kappa shape index (κ3) is 4.81. The maximum absolute atomic E-state index is 11.8. The molecule has 0 saturated carbocycles. The number of aliphatic hydroxyl groups excluding tert-OH is 3. The fourth-order valence-electron chi connectivity index (χ4n) is 2.05. The van der Waals surface area contributed by atoms with Gasteiger partial charge in [0.15, 0.2) is 5.96 Å². The number of carbonyl (C=O) groups is 2. The SMILES string of the molecule is [2H]C([2H])([2H])C(=O)N[C@H]1[C@H]([C@H](O)[C@H](O)CO)OC(C(=O)O)=C[C@@H]1N=C(N)N. The molecule has 11 nitrogen and oxygen atoms in total. The van der Waals surface area contributed by atoms with Crippen LogP contribution in [0.3, 0.4) is 0 Å². The molecular weight excluding hydrogens is 312 g/mol. The molecule has 0 fully saturated rings. The van der Waals surface area contributed by atoms with E-state index < -0.39 is 67.4 Å². The molecule has 0 spiro atoms. The van der Waals surface area contributed by atoms with Gasteiger partial charge in [-0.1, -0.05) is 0 Å². The van der Waals surface area contributed by atoms with Gasteiger partial charge < -0.3 is 41.9 Å². The number of hydrogen-bond acceptors (Lipinski definition) is 7. The van der Waals surface area contributed by atoms with E-state index in [1.165, 1.54) is 0 Å². The lowest BCUT2D eigenvalue weighted by Gasteiger charge is -2.38. The predicted octanol–water partition coefficient (Wildman–Crippen LogP) is -3.79. The van der Waals surface area contributed by atoms with Crippen LogP contribution >= 0.6 is 0 Å². The molecule has 9 N–H and O–H groups in total. The van der Waals surface area contributed by atoms with E-state index >= 15 is 0 Å². The number of aliphatic carboxylic acids is 1. The van der Waals surface area contributed by atoms with Gasteiger partial charge in [-0.15, -0.1) is 0 Å². The second-order valence-electron chi connectivity index (χ2n) is 4.70. The molecule has 0 aromatic rings. The highest BCUT2D eigenvalue weighted by Gasteiger charge is 2.43. The number of carbonyl (C=O) groups excluding carboxylic acids is 1. The van der Waals surface area contributed by atoms with Crippen molar-refractivity contribution in [2.75, 3.05) is 6.61 Å². The zero-order valence-corrected chi connectivity index (χ0v) is 11.8. The van der Waals surface area contributed by atoms with Gasteiger partial charge in [-0.2, -0.15) is 0 Å². The zero-order chi connectivity index (χ0) is 20.2. The lowest BCUT2D eigenvalue weighted by Crippen LogP contribution is -2.59. The van der Waals surface area contributed by atoms with Gasteiger partial charge in [-0.3, -0.25) is 4.79 Å². The molecule has 1 heterocycles. The topological polar surface area (TPSA) is 201 Å². The van der Waals surface area contributed by atoms with Crippen LogP contribution in [0.4, 0.5) is 0 Å². The number of ether oxygens (including phenoxy) is 1. The van der Waals surface area contributed by atoms with Crippen LogP contribution < -0.4 is 16.8 Å². The van der Waals surface area contributed by atoms with Gasteiger partial charge in [0.05, 0.1) is 18.7 Å². The molecule has 0 aromatic heterocycles. The number of carboxylic acid groups (broad SMARTS) is 1. The van der Waals surface area contributed by atoms with Crippen molar-refractivity contribution >= 4 is 17.8 Å². The second kappa shape index (κ2) is 7.76. The first-order valence-corrected chi connectivity index (χ1v) is 6.37. The largest absolute Gasteiger partial charge is 0.478 e. The van der Waals surface area contributed by atoms with E-state index in [9.17, 15) is 19.8 Å². The van der Waals surface area contributed by atoms with Crippen molar-refractivity contribution in [3.05, 3.63) is 11.8 Å². The van der Waals surface area contributed by atoms with Gasteiger partial charge in [0.2, 0.25) is 11.7 Å². The van der Waals surface area contributed by atoms with Gasteiger partial charge in [-0.25, -0.2) is 9.79 Å². The van der Waals surface area contributed by atoms with Crippen molar-refractivity contribution in [2.24, 2.45) is 16.5 Å². The van der Waals surface area contributed by atoms with Crippen molar-refractivity contribution in [2.45, 2.75) is 37.2 Å². The quantitative estimate of drug-likeness (QED) is 0.188. The number of nitrogens with two attached hydrogens (primary N) is 2. The fourth-order valence-corrected chi connectivity index (χ4v) is 2.05. The van der Waals surface area contributed by atoms with Crippen molar-refractivity contribution in [3.8, 4) is 0 Å². The van der Waals surface area contributed by atoms with Crippen molar-refractivity contribution in [1.29, 1.82) is 0 Å². The molecule has 0 aromatic carbocycles. The van der Waals surface area contributed by atoms with E-state index in [4.69, 9.17) is 30.5 Å². The Bertz CT molecular complexity index is 606. The number of nitrogens with one attached hydrogen (secondary N) is 1. The lowest BCUT2D eigenvalue weighted by atomic mass is 9.92. The summed E-state index contributed by atoms with van der Waals surface area (Å²) in [6.45, 7) is -3.98. The molecule has 11 heteroatoms. The zero-order valence-electron chi connectivity index (χ0n) is 14.8. The van der Waals surface area contributed by atoms with E-state index in [-0.39, 0.29) is 0 Å². The Kier molecular flexibility index (Phi) is 4.80. The molecule has 1 rings (SSSR count). The molecule has 5 atom stereocenters. The molecule has 130 valence electrons. The number of rotatable bonds is 6. The van der Waals surface area contributed by atoms with Crippen molar-refractivity contribution < 1.29 is 38.9 Å². The maximum atomic E-state index is 11.8. The molecule has 0 bridgehead atoms. The van der Waals surface area contributed by atoms with Crippen molar-refractivity contribution in [1.82, 2.24) is 5.32 Å². The first-order chi connectivity index (χ1) is 11.9. The molecule has 0 aliphatic carbocycles. The number of aliphatic imine (C=N–C) groups is 1. The monoisotopic (exact) mass is 335 g/mol. The van der Waals surface area contributed by atoms with Crippen molar-refractivity contribution in [3.63, 3.8) is 0 Å². The fraction of sp³-hybridized carbons (Fsp3) is 0.583. The summed E-state index contributed by atoms with van der Waals surface area (Å²) < 4.78 is 26.4. The van der Waals surface area contributed by atoms with E-state index in [1.807, 2.05) is 5.32 Å². The van der Waals surface area contributed by atoms with E-state index in [0.717, 1.165) is 6.08 Å². The smallest absolute Gasteiger partial charge is 0.370 e. The minimum atomic E-state index is -3.07. The predicted molar refractivity (Wildman–Crippen MR) is 76.9 cm³/mol. The van der Waals surface area contributed by atoms with Crippen LogP contribution in [0.25, 0.3) is 0 Å². The Balaban J connectivity index is 3.36. The third-order valence-corrected chi connectivity index (χ3v) is 3.03. The highest BCUT2D eigenvalue weighted by molar-refractivity contribution is 5.85. The first-order valence-electron chi connectivity index (χ1n) is 7.87. The number of amides is 1. The molecule has 0 radical (unpaired) electrons.